The molecule has 1 aliphatic heterocycles. The van der Waals surface area contributed by atoms with Gasteiger partial charge in [-0.3, -0.25) is 4.79 Å². The molecular formula is C27H25F2N5O3. The maximum atomic E-state index is 12.9. The van der Waals surface area contributed by atoms with Gasteiger partial charge in [-0.2, -0.15) is 8.78 Å². The molecule has 1 N–H and O–H groups in total. The van der Waals surface area contributed by atoms with E-state index < -0.39 is 18.0 Å². The second-order valence-electron chi connectivity index (χ2n) is 10.2. The third kappa shape index (κ3) is 3.78. The molecule has 2 aliphatic rings. The number of alkyl halides is 2. The highest BCUT2D eigenvalue weighted by Gasteiger charge is 2.74. The fraction of sp³-hybridized carbons (Fsp3) is 0.333. The molecule has 1 spiro atoms. The topological polar surface area (TPSA) is 92.9 Å². The van der Waals surface area contributed by atoms with E-state index in [-0.39, 0.29) is 11.2 Å². The maximum absolute atomic E-state index is 12.9. The van der Waals surface area contributed by atoms with Gasteiger partial charge < -0.3 is 19.1 Å². The number of imidazole rings is 1. The number of carboxylic acids is 1. The summed E-state index contributed by atoms with van der Waals surface area (Å²) in [6.45, 7) is 2.10. The molecule has 4 aromatic rings. The average molecular weight is 506 g/mol. The molecule has 6 rings (SSSR count). The monoisotopic (exact) mass is 505 g/mol. The number of anilines is 1. The minimum Gasteiger partial charge on any atom is -0.481 e. The highest BCUT2D eigenvalue weighted by atomic mass is 19.3. The van der Waals surface area contributed by atoms with Crippen molar-refractivity contribution in [3.05, 3.63) is 71.9 Å². The van der Waals surface area contributed by atoms with Crippen molar-refractivity contribution in [2.45, 2.75) is 33.3 Å². The number of halogens is 2. The molecule has 4 heterocycles. The molecule has 1 aliphatic carbocycles. The molecule has 1 aromatic carbocycles. The van der Waals surface area contributed by atoms with Crippen molar-refractivity contribution >= 4 is 17.6 Å². The second kappa shape index (κ2) is 8.22. The number of rotatable bonds is 7. The molecule has 0 amide bonds. The molecule has 0 bridgehead atoms. The first kappa shape index (κ1) is 23.3. The third-order valence-electron chi connectivity index (χ3n) is 7.92. The molecular weight excluding hydrogens is 480 g/mol. The Kier molecular flexibility index (Phi) is 5.18. The lowest BCUT2D eigenvalue weighted by Crippen LogP contribution is -2.52. The lowest BCUT2D eigenvalue weighted by atomic mass is 9.87. The van der Waals surface area contributed by atoms with E-state index in [1.54, 1.807) is 30.6 Å². The van der Waals surface area contributed by atoms with Crippen LogP contribution in [0.2, 0.25) is 0 Å². The molecule has 190 valence electrons. The lowest BCUT2D eigenvalue weighted by molar-refractivity contribution is -0.144. The zero-order valence-electron chi connectivity index (χ0n) is 20.4. The number of ether oxygens (including phenoxy) is 1. The number of nitrogens with zero attached hydrogens (tertiary/aromatic N) is 5. The van der Waals surface area contributed by atoms with Crippen molar-refractivity contribution in [3.63, 3.8) is 0 Å². The van der Waals surface area contributed by atoms with Crippen molar-refractivity contribution in [1.82, 2.24) is 19.4 Å². The number of aliphatic carboxylic acids is 1. The molecule has 1 saturated carbocycles. The van der Waals surface area contributed by atoms with Gasteiger partial charge in [0.15, 0.2) is 0 Å². The number of hydrogen-bond donors (Lipinski definition) is 1. The van der Waals surface area contributed by atoms with Crippen LogP contribution >= 0.6 is 0 Å². The fourth-order valence-electron chi connectivity index (χ4n) is 5.49. The summed E-state index contributed by atoms with van der Waals surface area (Å²) in [5.74, 6) is -0.00233. The molecule has 1 atom stereocenters. The minimum absolute atomic E-state index is 0.148. The van der Waals surface area contributed by atoms with E-state index in [4.69, 9.17) is 4.74 Å². The molecule has 3 aromatic heterocycles. The van der Waals surface area contributed by atoms with E-state index >= 15 is 0 Å². The van der Waals surface area contributed by atoms with Gasteiger partial charge in [-0.05, 0) is 38.5 Å². The summed E-state index contributed by atoms with van der Waals surface area (Å²) >= 11 is 0. The third-order valence-corrected chi connectivity index (χ3v) is 7.92. The normalized spacial score (nSPS) is 19.9. The average Bonchev–Trinajstić information content (AvgIpc) is 3.39. The van der Waals surface area contributed by atoms with Crippen LogP contribution in [0.15, 0.2) is 55.0 Å². The fourth-order valence-corrected chi connectivity index (χ4v) is 5.49. The standard InChI is InChI=1S/C27H25F2N5O3/c1-16-20(9-17-5-3-4-6-21(17)37-24(28)29)34-12-18(7-8-22(34)32-16)19-10-30-25(31-11-19)33-14-27(15-33)13-26(27,2)23(35)36/h3-8,10-12,24H,9,13-15H2,1-2H3,(H,35,36). The first-order valence-electron chi connectivity index (χ1n) is 12.0. The van der Waals surface area contributed by atoms with Gasteiger partial charge in [0.25, 0.3) is 0 Å². The number of carboxylic acid groups (broad SMARTS) is 1. The lowest BCUT2D eigenvalue weighted by Gasteiger charge is -2.42. The van der Waals surface area contributed by atoms with Crippen LogP contribution in [0.5, 0.6) is 5.75 Å². The van der Waals surface area contributed by atoms with Crippen LogP contribution in [0, 0.1) is 17.8 Å². The van der Waals surface area contributed by atoms with Gasteiger partial charge in [-0.15, -0.1) is 0 Å². The van der Waals surface area contributed by atoms with Crippen LogP contribution in [0.25, 0.3) is 16.8 Å². The van der Waals surface area contributed by atoms with Gasteiger partial charge in [-0.1, -0.05) is 18.2 Å². The number of aromatic nitrogens is 4. The van der Waals surface area contributed by atoms with Gasteiger partial charge in [0.05, 0.1) is 11.1 Å². The largest absolute Gasteiger partial charge is 0.481 e. The first-order valence-corrected chi connectivity index (χ1v) is 12.0. The van der Waals surface area contributed by atoms with Crippen molar-refractivity contribution in [3.8, 4) is 16.9 Å². The van der Waals surface area contributed by atoms with E-state index in [1.807, 2.05) is 41.5 Å². The Balaban J connectivity index is 1.24. The van der Waals surface area contributed by atoms with Crippen molar-refractivity contribution in [2.75, 3.05) is 18.0 Å². The van der Waals surface area contributed by atoms with E-state index in [0.717, 1.165) is 28.2 Å². The Morgan fingerprint density at radius 1 is 1.14 bits per heavy atom. The van der Waals surface area contributed by atoms with Crippen LogP contribution < -0.4 is 9.64 Å². The number of hydrogen-bond acceptors (Lipinski definition) is 6. The molecule has 10 heteroatoms. The summed E-state index contributed by atoms with van der Waals surface area (Å²) in [5, 5.41) is 9.47. The zero-order valence-corrected chi connectivity index (χ0v) is 20.4. The molecule has 0 radical (unpaired) electrons. The van der Waals surface area contributed by atoms with Gasteiger partial charge in [0, 0.05) is 65.9 Å². The number of fused-ring (bicyclic) bond motifs is 1. The quantitative estimate of drug-likeness (QED) is 0.393. The number of pyridine rings is 1. The Morgan fingerprint density at radius 3 is 2.54 bits per heavy atom. The number of carbonyl (C=O) groups is 1. The zero-order chi connectivity index (χ0) is 25.9. The molecule has 2 fully saturated rings. The van der Waals surface area contributed by atoms with Crippen LogP contribution in [0.4, 0.5) is 14.7 Å². The predicted molar refractivity (Wildman–Crippen MR) is 132 cm³/mol. The Hall–Kier alpha value is -4.08. The first-order chi connectivity index (χ1) is 17.7. The summed E-state index contributed by atoms with van der Waals surface area (Å²) in [4.78, 5) is 27.2. The summed E-state index contributed by atoms with van der Waals surface area (Å²) < 4.78 is 32.4. The van der Waals surface area contributed by atoms with E-state index in [0.29, 0.717) is 37.4 Å². The summed E-state index contributed by atoms with van der Waals surface area (Å²) in [6.07, 6.45) is 6.52. The molecule has 1 saturated heterocycles. The van der Waals surface area contributed by atoms with Crippen LogP contribution in [0.1, 0.15) is 30.3 Å². The summed E-state index contributed by atoms with van der Waals surface area (Å²) in [7, 11) is 0. The summed E-state index contributed by atoms with van der Waals surface area (Å²) in [5.41, 5.74) is 3.96. The van der Waals surface area contributed by atoms with Crippen molar-refractivity contribution in [2.24, 2.45) is 10.8 Å². The molecule has 1 unspecified atom stereocenters. The summed E-state index contributed by atoms with van der Waals surface area (Å²) in [6, 6.07) is 10.6. The van der Waals surface area contributed by atoms with Crippen molar-refractivity contribution < 1.29 is 23.4 Å². The maximum Gasteiger partial charge on any atom is 0.387 e. The highest BCUT2D eigenvalue weighted by molar-refractivity contribution is 5.81. The number of para-hydroxylation sites is 1. The Bertz CT molecular complexity index is 1510. The van der Waals surface area contributed by atoms with Crippen LogP contribution in [-0.2, 0) is 11.2 Å². The van der Waals surface area contributed by atoms with Gasteiger partial charge in [0.1, 0.15) is 11.4 Å². The van der Waals surface area contributed by atoms with Gasteiger partial charge in [-0.25, -0.2) is 15.0 Å². The second-order valence-corrected chi connectivity index (χ2v) is 10.2. The van der Waals surface area contributed by atoms with Crippen molar-refractivity contribution in [1.29, 1.82) is 0 Å². The number of aryl methyl sites for hydroxylation is 1. The SMILES string of the molecule is Cc1nc2ccc(-c3cnc(N4CC5(C4)CC5(C)C(=O)O)nc3)cn2c1Cc1ccccc1OC(F)F. The minimum atomic E-state index is -2.90. The smallest absolute Gasteiger partial charge is 0.387 e. The van der Waals surface area contributed by atoms with E-state index in [2.05, 4.69) is 15.0 Å². The van der Waals surface area contributed by atoms with Crippen LogP contribution in [-0.4, -0.2) is 50.1 Å². The number of benzene rings is 1. The van der Waals surface area contributed by atoms with Gasteiger partial charge in [0.2, 0.25) is 5.95 Å². The predicted octanol–water partition coefficient (Wildman–Crippen LogP) is 4.59. The Morgan fingerprint density at radius 2 is 1.86 bits per heavy atom. The Labute approximate surface area is 211 Å². The van der Waals surface area contributed by atoms with Crippen LogP contribution in [0.3, 0.4) is 0 Å². The van der Waals surface area contributed by atoms with E-state index in [9.17, 15) is 18.7 Å². The molecule has 8 nitrogen and oxygen atoms in total. The molecule has 37 heavy (non-hydrogen) atoms. The highest BCUT2D eigenvalue weighted by Crippen LogP contribution is 2.68. The van der Waals surface area contributed by atoms with Gasteiger partial charge >= 0.3 is 12.6 Å². The van der Waals surface area contributed by atoms with E-state index in [1.165, 1.54) is 6.07 Å².